The Balaban J connectivity index is 1.56. The van der Waals surface area contributed by atoms with Crippen molar-refractivity contribution in [2.24, 2.45) is 11.8 Å². The first kappa shape index (κ1) is 18.0. The van der Waals surface area contributed by atoms with Crippen molar-refractivity contribution in [2.75, 3.05) is 26.2 Å². The van der Waals surface area contributed by atoms with Gasteiger partial charge in [-0.25, -0.2) is 4.79 Å². The van der Waals surface area contributed by atoms with Crippen LogP contribution in [0.15, 0.2) is 24.3 Å². The van der Waals surface area contributed by atoms with Crippen molar-refractivity contribution in [3.05, 3.63) is 35.4 Å². The van der Waals surface area contributed by atoms with Crippen LogP contribution < -0.4 is 5.32 Å². The summed E-state index contributed by atoms with van der Waals surface area (Å²) in [7, 11) is 0. The smallest absolute Gasteiger partial charge is 0.335 e. The summed E-state index contributed by atoms with van der Waals surface area (Å²) in [5.74, 6) is 0.808. The molecule has 4 heteroatoms. The van der Waals surface area contributed by atoms with Gasteiger partial charge in [-0.05, 0) is 61.9 Å². The van der Waals surface area contributed by atoms with Crippen molar-refractivity contribution >= 4 is 5.97 Å². The van der Waals surface area contributed by atoms with E-state index in [1.807, 2.05) is 12.1 Å². The lowest BCUT2D eigenvalue weighted by molar-refractivity contribution is 0.0697. The summed E-state index contributed by atoms with van der Waals surface area (Å²) in [5, 5.41) is 12.3. The van der Waals surface area contributed by atoms with Crippen molar-refractivity contribution in [3.8, 4) is 0 Å². The van der Waals surface area contributed by atoms with Gasteiger partial charge in [0.15, 0.2) is 0 Å². The molecule has 1 aromatic rings. The molecule has 0 aliphatic carbocycles. The first-order valence-corrected chi connectivity index (χ1v) is 8.80. The molecule has 1 heterocycles. The normalized spacial score (nSPS) is 22.2. The summed E-state index contributed by atoms with van der Waals surface area (Å²) in [6.07, 6.45) is 3.80. The third kappa shape index (κ3) is 6.32. The van der Waals surface area contributed by atoms with E-state index >= 15 is 0 Å². The highest BCUT2D eigenvalue weighted by molar-refractivity contribution is 5.87. The molecule has 1 aliphatic heterocycles. The molecule has 0 amide bonds. The fraction of sp³-hybridized carbons (Fsp3) is 0.632. The summed E-state index contributed by atoms with van der Waals surface area (Å²) in [6.45, 7) is 10.3. The molecule has 0 radical (unpaired) electrons. The number of unbranched alkanes of at least 4 members (excludes halogenated alkanes) is 1. The molecular weight excluding hydrogens is 288 g/mol. The van der Waals surface area contributed by atoms with E-state index in [1.165, 1.54) is 38.9 Å². The minimum atomic E-state index is -0.870. The molecule has 1 fully saturated rings. The molecule has 0 bridgehead atoms. The van der Waals surface area contributed by atoms with E-state index in [2.05, 4.69) is 24.1 Å². The van der Waals surface area contributed by atoms with Gasteiger partial charge < -0.3 is 15.3 Å². The Morgan fingerprint density at radius 2 is 1.83 bits per heavy atom. The number of aromatic carboxylic acids is 1. The van der Waals surface area contributed by atoms with E-state index in [4.69, 9.17) is 5.11 Å². The monoisotopic (exact) mass is 318 g/mol. The van der Waals surface area contributed by atoms with Gasteiger partial charge in [-0.3, -0.25) is 0 Å². The van der Waals surface area contributed by atoms with Gasteiger partial charge in [0.05, 0.1) is 5.56 Å². The van der Waals surface area contributed by atoms with Crippen LogP contribution in [0.1, 0.15) is 49.0 Å². The average molecular weight is 318 g/mol. The highest BCUT2D eigenvalue weighted by Gasteiger charge is 2.20. The summed E-state index contributed by atoms with van der Waals surface area (Å²) < 4.78 is 0. The van der Waals surface area contributed by atoms with Gasteiger partial charge in [-0.1, -0.05) is 26.0 Å². The topological polar surface area (TPSA) is 52.6 Å². The molecule has 0 aromatic heterocycles. The molecule has 1 aromatic carbocycles. The van der Waals surface area contributed by atoms with E-state index in [1.54, 1.807) is 12.1 Å². The first-order valence-electron chi connectivity index (χ1n) is 8.80. The lowest BCUT2D eigenvalue weighted by Crippen LogP contribution is -2.39. The largest absolute Gasteiger partial charge is 0.478 e. The van der Waals surface area contributed by atoms with Crippen LogP contribution in [0.25, 0.3) is 0 Å². The lowest BCUT2D eigenvalue weighted by Gasteiger charge is -2.34. The van der Waals surface area contributed by atoms with Crippen molar-refractivity contribution in [3.63, 3.8) is 0 Å². The van der Waals surface area contributed by atoms with Crippen molar-refractivity contribution in [2.45, 2.75) is 39.7 Å². The van der Waals surface area contributed by atoms with E-state index in [-0.39, 0.29) is 0 Å². The van der Waals surface area contributed by atoms with Gasteiger partial charge in [0, 0.05) is 19.6 Å². The lowest BCUT2D eigenvalue weighted by atomic mass is 9.92. The Morgan fingerprint density at radius 1 is 1.17 bits per heavy atom. The summed E-state index contributed by atoms with van der Waals surface area (Å²) in [5.41, 5.74) is 1.48. The summed E-state index contributed by atoms with van der Waals surface area (Å²) >= 11 is 0. The predicted octanol–water partition coefficient (Wildman–Crippen LogP) is 3.23. The van der Waals surface area contributed by atoms with Crippen LogP contribution in [-0.4, -0.2) is 42.2 Å². The van der Waals surface area contributed by atoms with Crippen molar-refractivity contribution in [1.82, 2.24) is 10.2 Å². The van der Waals surface area contributed by atoms with Crippen LogP contribution in [0.2, 0.25) is 0 Å². The molecular formula is C19H30N2O2. The van der Waals surface area contributed by atoms with Crippen molar-refractivity contribution in [1.29, 1.82) is 0 Å². The molecule has 4 nitrogen and oxygen atoms in total. The molecule has 128 valence electrons. The number of nitrogens with zero attached hydrogens (tertiary/aromatic N) is 1. The summed E-state index contributed by atoms with van der Waals surface area (Å²) in [4.78, 5) is 13.4. The Hall–Kier alpha value is -1.39. The fourth-order valence-electron chi connectivity index (χ4n) is 3.56. The van der Waals surface area contributed by atoms with Crippen LogP contribution in [0.4, 0.5) is 0 Å². The minimum Gasteiger partial charge on any atom is -0.478 e. The van der Waals surface area contributed by atoms with E-state index < -0.39 is 5.97 Å². The fourth-order valence-corrected chi connectivity index (χ4v) is 3.56. The molecule has 2 unspecified atom stereocenters. The third-order valence-corrected chi connectivity index (χ3v) is 4.55. The zero-order valence-electron chi connectivity index (χ0n) is 14.4. The van der Waals surface area contributed by atoms with E-state index in [0.29, 0.717) is 5.56 Å². The van der Waals surface area contributed by atoms with E-state index in [9.17, 15) is 4.79 Å². The van der Waals surface area contributed by atoms with Crippen LogP contribution in [-0.2, 0) is 6.54 Å². The maximum atomic E-state index is 10.8. The number of carboxylic acid groups (broad SMARTS) is 1. The number of nitrogens with one attached hydrogen (secondary N) is 1. The van der Waals surface area contributed by atoms with Gasteiger partial charge in [0.1, 0.15) is 0 Å². The highest BCUT2D eigenvalue weighted by Crippen LogP contribution is 2.20. The average Bonchev–Trinajstić information content (AvgIpc) is 2.50. The standard InChI is InChI=1S/C19H30N2O2/c1-15-11-16(2)14-21(13-15)10-4-3-9-20-12-17-5-7-18(8-6-17)19(22)23/h5-8,15-16,20H,3-4,9-14H2,1-2H3,(H,22,23). The maximum Gasteiger partial charge on any atom is 0.335 e. The number of hydrogen-bond acceptors (Lipinski definition) is 3. The Bertz CT molecular complexity index is 477. The number of hydrogen-bond donors (Lipinski definition) is 2. The van der Waals surface area contributed by atoms with Crippen LogP contribution in [0.5, 0.6) is 0 Å². The first-order chi connectivity index (χ1) is 11.0. The Morgan fingerprint density at radius 3 is 2.43 bits per heavy atom. The van der Waals surface area contributed by atoms with Gasteiger partial charge in [0.25, 0.3) is 0 Å². The number of carbonyl (C=O) groups is 1. The highest BCUT2D eigenvalue weighted by atomic mass is 16.4. The van der Waals surface area contributed by atoms with Crippen molar-refractivity contribution < 1.29 is 9.90 Å². The zero-order chi connectivity index (χ0) is 16.7. The number of likely N-dealkylation sites (tertiary alicyclic amines) is 1. The molecule has 23 heavy (non-hydrogen) atoms. The number of piperidine rings is 1. The minimum absolute atomic E-state index is 0.346. The third-order valence-electron chi connectivity index (χ3n) is 4.55. The van der Waals surface area contributed by atoms with Gasteiger partial charge >= 0.3 is 5.97 Å². The quantitative estimate of drug-likeness (QED) is 0.723. The molecule has 1 aliphatic rings. The van der Waals surface area contributed by atoms with Crippen LogP contribution in [0, 0.1) is 11.8 Å². The van der Waals surface area contributed by atoms with E-state index in [0.717, 1.165) is 30.5 Å². The van der Waals surface area contributed by atoms with Crippen LogP contribution in [0.3, 0.4) is 0 Å². The molecule has 0 spiro atoms. The predicted molar refractivity (Wildman–Crippen MR) is 93.7 cm³/mol. The van der Waals surface area contributed by atoms with Crippen LogP contribution >= 0.6 is 0 Å². The summed E-state index contributed by atoms with van der Waals surface area (Å²) in [6, 6.07) is 7.09. The Kier molecular flexibility index (Phi) is 7.06. The SMILES string of the molecule is CC1CC(C)CN(CCCCNCc2ccc(C(=O)O)cc2)C1. The molecule has 2 rings (SSSR count). The van der Waals surface area contributed by atoms with Gasteiger partial charge in [0.2, 0.25) is 0 Å². The number of carboxylic acids is 1. The second kappa shape index (κ2) is 9.04. The maximum absolute atomic E-state index is 10.8. The molecule has 1 saturated heterocycles. The molecule has 2 atom stereocenters. The van der Waals surface area contributed by atoms with Gasteiger partial charge in [-0.2, -0.15) is 0 Å². The molecule has 2 N–H and O–H groups in total. The number of benzene rings is 1. The second-order valence-electron chi connectivity index (χ2n) is 7.09. The number of rotatable bonds is 8. The second-order valence-corrected chi connectivity index (χ2v) is 7.09. The molecule has 0 saturated carbocycles. The Labute approximate surface area is 139 Å². The zero-order valence-corrected chi connectivity index (χ0v) is 14.4. The van der Waals surface area contributed by atoms with Gasteiger partial charge in [-0.15, -0.1) is 0 Å².